The molecule has 0 heterocycles. The molecule has 0 radical (unpaired) electrons. The van der Waals surface area contributed by atoms with Gasteiger partial charge in [-0.05, 0) is 128 Å². The van der Waals surface area contributed by atoms with Crippen molar-refractivity contribution in [3.05, 3.63) is 122 Å². The Labute approximate surface area is 433 Å². The molecule has 1 unspecified atom stereocenters. The Bertz CT molecular complexity index is 1420. The van der Waals surface area contributed by atoms with Crippen molar-refractivity contribution in [3.8, 4) is 0 Å². The minimum Gasteiger partial charge on any atom is -0.462 e. The van der Waals surface area contributed by atoms with Crippen molar-refractivity contribution in [2.24, 2.45) is 0 Å². The summed E-state index contributed by atoms with van der Waals surface area (Å²) in [5.74, 6) is -0.441. The van der Waals surface area contributed by atoms with E-state index >= 15 is 0 Å². The van der Waals surface area contributed by atoms with Crippen LogP contribution in [0.5, 0.6) is 0 Å². The number of unbranched alkanes of at least 4 members (excludes halogenated alkanes) is 21. The minimum absolute atomic E-state index is 0.0594. The second kappa shape index (κ2) is 59.6. The van der Waals surface area contributed by atoms with Crippen LogP contribution in [0.2, 0.25) is 0 Å². The predicted molar refractivity (Wildman–Crippen MR) is 306 cm³/mol. The summed E-state index contributed by atoms with van der Waals surface area (Å²) < 4.78 is 17.5. The van der Waals surface area contributed by atoms with Gasteiger partial charge in [0.1, 0.15) is 6.61 Å². The Morgan fingerprint density at radius 3 is 1.03 bits per heavy atom. The maximum Gasteiger partial charge on any atom is 0.306 e. The molecular weight excluding hydrogens is 861 g/mol. The summed E-state index contributed by atoms with van der Waals surface area (Å²) in [6.07, 6.45) is 83.6. The summed E-state index contributed by atoms with van der Waals surface area (Å²) in [4.78, 5) is 25.5. The van der Waals surface area contributed by atoms with Gasteiger partial charge in [0.2, 0.25) is 0 Å². The summed E-state index contributed by atoms with van der Waals surface area (Å²) >= 11 is 0. The third kappa shape index (κ3) is 56.9. The molecule has 398 valence electrons. The van der Waals surface area contributed by atoms with E-state index in [-0.39, 0.29) is 25.2 Å². The molecule has 0 aliphatic rings. The first-order chi connectivity index (χ1) is 34.6. The van der Waals surface area contributed by atoms with Gasteiger partial charge in [0.05, 0.1) is 6.61 Å². The maximum absolute atomic E-state index is 12.9. The maximum atomic E-state index is 12.9. The zero-order valence-electron chi connectivity index (χ0n) is 45.7. The van der Waals surface area contributed by atoms with Crippen LogP contribution in [0.1, 0.15) is 252 Å². The number of rotatable bonds is 52. The van der Waals surface area contributed by atoms with Gasteiger partial charge < -0.3 is 14.2 Å². The minimum atomic E-state index is -0.566. The van der Waals surface area contributed by atoms with Gasteiger partial charge in [0.25, 0.3) is 0 Å². The summed E-state index contributed by atoms with van der Waals surface area (Å²) in [6, 6.07) is 0. The van der Waals surface area contributed by atoms with Crippen LogP contribution in [0, 0.1) is 0 Å². The molecule has 70 heavy (non-hydrogen) atoms. The standard InChI is InChI=1S/C65H108O5/c1-4-7-10-13-16-19-22-25-28-30-32-34-36-39-42-45-48-51-54-57-60-68-61-63(70-65(67)59-56-53-50-47-44-41-37-27-24-21-18-15-12-9-6-3)62-69-64(66)58-55-52-49-46-43-40-38-35-33-31-29-26-23-20-17-14-11-8-5-2/h8-9,11-12,16-21,25-29,32-35,37,63H,4-7,10,13-15,22-24,30-31,36,38-62H2,1-3H3/b11-8-,12-9-,19-16-,20-17-,21-18-,28-25-,29-26-,34-32-,35-33-,37-27-. The van der Waals surface area contributed by atoms with Crippen LogP contribution in [0.3, 0.4) is 0 Å². The fraction of sp³-hybridized carbons (Fsp3) is 0.662. The number of ether oxygens (including phenoxy) is 3. The summed E-state index contributed by atoms with van der Waals surface area (Å²) in [6.45, 7) is 7.52. The molecule has 0 aromatic heterocycles. The highest BCUT2D eigenvalue weighted by atomic mass is 16.6. The lowest BCUT2D eigenvalue weighted by Gasteiger charge is -2.18. The first-order valence-electron chi connectivity index (χ1n) is 29.1. The highest BCUT2D eigenvalue weighted by Gasteiger charge is 2.17. The van der Waals surface area contributed by atoms with Gasteiger partial charge in [-0.25, -0.2) is 0 Å². The number of esters is 2. The van der Waals surface area contributed by atoms with Crippen LogP contribution in [0.25, 0.3) is 0 Å². The van der Waals surface area contributed by atoms with Gasteiger partial charge in [0.15, 0.2) is 6.10 Å². The Hall–Kier alpha value is -3.70. The van der Waals surface area contributed by atoms with Gasteiger partial charge >= 0.3 is 11.9 Å². The van der Waals surface area contributed by atoms with Crippen molar-refractivity contribution in [1.29, 1.82) is 0 Å². The second-order valence-corrected chi connectivity index (χ2v) is 18.8. The van der Waals surface area contributed by atoms with Crippen LogP contribution in [0.4, 0.5) is 0 Å². The highest BCUT2D eigenvalue weighted by molar-refractivity contribution is 5.70. The van der Waals surface area contributed by atoms with Crippen molar-refractivity contribution in [1.82, 2.24) is 0 Å². The number of carbonyl (C=O) groups is 2. The van der Waals surface area contributed by atoms with E-state index < -0.39 is 6.10 Å². The van der Waals surface area contributed by atoms with Crippen molar-refractivity contribution in [3.63, 3.8) is 0 Å². The average molecular weight is 970 g/mol. The van der Waals surface area contributed by atoms with Gasteiger partial charge in [-0.3, -0.25) is 9.59 Å². The smallest absolute Gasteiger partial charge is 0.306 e. The molecule has 1 atom stereocenters. The topological polar surface area (TPSA) is 61.8 Å². The molecule has 5 heteroatoms. The van der Waals surface area contributed by atoms with Crippen LogP contribution in [-0.2, 0) is 23.8 Å². The van der Waals surface area contributed by atoms with Crippen LogP contribution < -0.4 is 0 Å². The quantitative estimate of drug-likeness (QED) is 0.0345. The molecule has 0 aromatic rings. The van der Waals surface area contributed by atoms with Crippen molar-refractivity contribution < 1.29 is 23.8 Å². The number of allylic oxidation sites excluding steroid dienone is 20. The van der Waals surface area contributed by atoms with E-state index in [4.69, 9.17) is 14.2 Å². The Kier molecular flexibility index (Phi) is 56.5. The second-order valence-electron chi connectivity index (χ2n) is 18.8. The van der Waals surface area contributed by atoms with Crippen LogP contribution >= 0.6 is 0 Å². The molecule has 0 aromatic carbocycles. The van der Waals surface area contributed by atoms with Crippen molar-refractivity contribution in [2.75, 3.05) is 19.8 Å². The van der Waals surface area contributed by atoms with Gasteiger partial charge in [-0.15, -0.1) is 0 Å². The van der Waals surface area contributed by atoms with Gasteiger partial charge in [-0.2, -0.15) is 0 Å². The third-order valence-electron chi connectivity index (χ3n) is 12.0. The number of carbonyl (C=O) groups excluding carboxylic acids is 2. The summed E-state index contributed by atoms with van der Waals surface area (Å²) in [5, 5.41) is 0. The molecule has 0 saturated heterocycles. The summed E-state index contributed by atoms with van der Waals surface area (Å²) in [5.41, 5.74) is 0. The summed E-state index contributed by atoms with van der Waals surface area (Å²) in [7, 11) is 0. The molecule has 0 N–H and O–H groups in total. The molecule has 0 aliphatic heterocycles. The SMILES string of the molecule is CC/C=C\C/C=C\C/C=C\C/C=C\CCCCCCCCC(=O)OCC(COCCCCCCCCC/C=C\C/C=C\C/C=C\CCCCC)OC(=O)CCCCCCC/C=C\C/C=C\C/C=C\CC. The molecule has 5 nitrogen and oxygen atoms in total. The van der Waals surface area contributed by atoms with E-state index in [1.54, 1.807) is 0 Å². The van der Waals surface area contributed by atoms with E-state index in [1.165, 1.54) is 96.3 Å². The Balaban J connectivity index is 4.36. The van der Waals surface area contributed by atoms with E-state index in [1.807, 2.05) is 0 Å². The van der Waals surface area contributed by atoms with Crippen molar-refractivity contribution >= 4 is 11.9 Å². The van der Waals surface area contributed by atoms with E-state index in [9.17, 15) is 9.59 Å². The molecule has 0 fully saturated rings. The van der Waals surface area contributed by atoms with E-state index in [0.29, 0.717) is 19.4 Å². The first kappa shape index (κ1) is 66.3. The average Bonchev–Trinajstić information content (AvgIpc) is 3.36. The van der Waals surface area contributed by atoms with Gasteiger partial charge in [0, 0.05) is 19.4 Å². The lowest BCUT2D eigenvalue weighted by Crippen LogP contribution is -2.30. The zero-order chi connectivity index (χ0) is 50.6. The molecule has 0 saturated carbocycles. The van der Waals surface area contributed by atoms with Crippen LogP contribution in [0.15, 0.2) is 122 Å². The monoisotopic (exact) mass is 969 g/mol. The number of hydrogen-bond donors (Lipinski definition) is 0. The lowest BCUT2D eigenvalue weighted by atomic mass is 10.1. The number of hydrogen-bond acceptors (Lipinski definition) is 5. The zero-order valence-corrected chi connectivity index (χ0v) is 45.7. The predicted octanol–water partition coefficient (Wildman–Crippen LogP) is 20.1. The third-order valence-corrected chi connectivity index (χ3v) is 12.0. The molecule has 0 rings (SSSR count). The molecule has 0 spiro atoms. The van der Waals surface area contributed by atoms with Crippen molar-refractivity contribution in [2.45, 2.75) is 258 Å². The molecule has 0 aliphatic carbocycles. The molecular formula is C65H108O5. The Morgan fingerprint density at radius 2 is 0.643 bits per heavy atom. The fourth-order valence-corrected chi connectivity index (χ4v) is 7.70. The lowest BCUT2D eigenvalue weighted by molar-refractivity contribution is -0.163. The fourth-order valence-electron chi connectivity index (χ4n) is 7.70. The first-order valence-corrected chi connectivity index (χ1v) is 29.1. The molecule has 0 amide bonds. The highest BCUT2D eigenvalue weighted by Crippen LogP contribution is 2.14. The normalized spacial score (nSPS) is 13.1. The van der Waals surface area contributed by atoms with E-state index in [0.717, 1.165) is 122 Å². The van der Waals surface area contributed by atoms with E-state index in [2.05, 4.69) is 142 Å². The van der Waals surface area contributed by atoms with Gasteiger partial charge in [-0.1, -0.05) is 232 Å². The van der Waals surface area contributed by atoms with Crippen LogP contribution in [-0.4, -0.2) is 37.9 Å². The Morgan fingerprint density at radius 1 is 0.329 bits per heavy atom. The largest absolute Gasteiger partial charge is 0.462 e. The molecule has 0 bridgehead atoms.